The molecule has 2 unspecified atom stereocenters. The van der Waals surface area contributed by atoms with Gasteiger partial charge in [0.1, 0.15) is 0 Å². The van der Waals surface area contributed by atoms with E-state index in [1.807, 2.05) is 0 Å². The largest absolute Gasteiger partial charge is 0.327 e. The van der Waals surface area contributed by atoms with Gasteiger partial charge in [0.25, 0.3) is 0 Å². The van der Waals surface area contributed by atoms with E-state index in [0.29, 0.717) is 11.5 Å². The fourth-order valence-electron chi connectivity index (χ4n) is 3.26. The monoisotopic (exact) mass is 210 g/mol. The minimum Gasteiger partial charge on any atom is -0.327 e. The molecule has 1 aliphatic carbocycles. The molecule has 0 amide bonds. The van der Waals surface area contributed by atoms with Gasteiger partial charge in [-0.05, 0) is 44.2 Å². The van der Waals surface area contributed by atoms with E-state index in [0.717, 1.165) is 0 Å². The number of hydrogen-bond donors (Lipinski definition) is 1. The highest BCUT2D eigenvalue weighted by atomic mass is 15.1. The van der Waals surface area contributed by atoms with Crippen LogP contribution in [0.1, 0.15) is 51.9 Å². The lowest BCUT2D eigenvalue weighted by Gasteiger charge is -2.35. The van der Waals surface area contributed by atoms with Gasteiger partial charge in [-0.15, -0.1) is 0 Å². The third kappa shape index (κ3) is 2.73. The molecule has 0 radical (unpaired) electrons. The van der Waals surface area contributed by atoms with E-state index in [-0.39, 0.29) is 0 Å². The second-order valence-electron chi connectivity index (χ2n) is 5.84. The number of nitrogens with zero attached hydrogens (tertiary/aromatic N) is 1. The minimum absolute atomic E-state index is 0.407. The van der Waals surface area contributed by atoms with Crippen LogP contribution in [0.15, 0.2) is 0 Å². The Morgan fingerprint density at radius 2 is 1.80 bits per heavy atom. The number of nitrogens with two attached hydrogens (primary N) is 1. The van der Waals surface area contributed by atoms with E-state index < -0.39 is 0 Å². The Morgan fingerprint density at radius 1 is 1.13 bits per heavy atom. The van der Waals surface area contributed by atoms with Crippen molar-refractivity contribution in [1.82, 2.24) is 4.90 Å². The summed E-state index contributed by atoms with van der Waals surface area (Å²) >= 11 is 0. The van der Waals surface area contributed by atoms with E-state index in [2.05, 4.69) is 11.8 Å². The van der Waals surface area contributed by atoms with Crippen LogP contribution in [0.25, 0.3) is 0 Å². The Kier molecular flexibility index (Phi) is 3.68. The topological polar surface area (TPSA) is 29.3 Å². The summed E-state index contributed by atoms with van der Waals surface area (Å²) in [4.78, 5) is 2.66. The molecule has 2 rings (SSSR count). The Labute approximate surface area is 94.2 Å². The van der Waals surface area contributed by atoms with Gasteiger partial charge < -0.3 is 10.6 Å². The van der Waals surface area contributed by atoms with Gasteiger partial charge in [-0.1, -0.05) is 26.2 Å². The van der Waals surface area contributed by atoms with Crippen LogP contribution in [0, 0.1) is 5.41 Å². The summed E-state index contributed by atoms with van der Waals surface area (Å²) in [6.45, 7) is 6.26. The molecule has 15 heavy (non-hydrogen) atoms. The molecule has 88 valence electrons. The first-order chi connectivity index (χ1) is 7.21. The molecule has 2 N–H and O–H groups in total. The summed E-state index contributed by atoms with van der Waals surface area (Å²) in [5.41, 5.74) is 6.65. The van der Waals surface area contributed by atoms with Crippen molar-refractivity contribution in [2.45, 2.75) is 57.9 Å². The number of hydrogen-bond acceptors (Lipinski definition) is 2. The second kappa shape index (κ2) is 4.84. The molecule has 2 atom stereocenters. The van der Waals surface area contributed by atoms with E-state index in [1.54, 1.807) is 0 Å². The van der Waals surface area contributed by atoms with Crippen LogP contribution in [0.4, 0.5) is 0 Å². The Balaban J connectivity index is 1.88. The van der Waals surface area contributed by atoms with Crippen LogP contribution < -0.4 is 5.73 Å². The maximum atomic E-state index is 6.24. The van der Waals surface area contributed by atoms with Crippen LogP contribution in [-0.2, 0) is 0 Å². The molecule has 1 saturated heterocycles. The van der Waals surface area contributed by atoms with Gasteiger partial charge in [-0.25, -0.2) is 0 Å². The minimum atomic E-state index is 0.407. The van der Waals surface area contributed by atoms with Crippen LogP contribution in [0.3, 0.4) is 0 Å². The van der Waals surface area contributed by atoms with Crippen molar-refractivity contribution in [2.75, 3.05) is 19.6 Å². The molecule has 0 spiro atoms. The van der Waals surface area contributed by atoms with Gasteiger partial charge in [-0.2, -0.15) is 0 Å². The maximum Gasteiger partial charge on any atom is 0.0105 e. The predicted octanol–water partition coefficient (Wildman–Crippen LogP) is 2.38. The molecule has 2 fully saturated rings. The van der Waals surface area contributed by atoms with Gasteiger partial charge in [-0.3, -0.25) is 0 Å². The normalized spacial score (nSPS) is 39.2. The highest BCUT2D eigenvalue weighted by Crippen LogP contribution is 2.37. The van der Waals surface area contributed by atoms with Crippen molar-refractivity contribution in [3.8, 4) is 0 Å². The zero-order valence-corrected chi connectivity index (χ0v) is 10.2. The van der Waals surface area contributed by atoms with Gasteiger partial charge in [0.05, 0.1) is 0 Å². The predicted molar refractivity (Wildman–Crippen MR) is 64.8 cm³/mol. The molecule has 2 heteroatoms. The van der Waals surface area contributed by atoms with Crippen molar-refractivity contribution >= 4 is 0 Å². The molecule has 1 heterocycles. The summed E-state index contributed by atoms with van der Waals surface area (Å²) in [5, 5.41) is 0. The fraction of sp³-hybridized carbons (Fsp3) is 1.00. The summed E-state index contributed by atoms with van der Waals surface area (Å²) < 4.78 is 0. The first-order valence-corrected chi connectivity index (χ1v) is 6.69. The van der Waals surface area contributed by atoms with E-state index >= 15 is 0 Å². The van der Waals surface area contributed by atoms with E-state index in [4.69, 9.17) is 5.73 Å². The van der Waals surface area contributed by atoms with Gasteiger partial charge in [0, 0.05) is 12.6 Å². The molecule has 2 nitrogen and oxygen atoms in total. The van der Waals surface area contributed by atoms with Crippen LogP contribution >= 0.6 is 0 Å². The Morgan fingerprint density at radius 3 is 2.33 bits per heavy atom. The van der Waals surface area contributed by atoms with Crippen molar-refractivity contribution < 1.29 is 0 Å². The summed E-state index contributed by atoms with van der Waals surface area (Å²) in [5.74, 6) is 0. The Hall–Kier alpha value is -0.0800. The lowest BCUT2D eigenvalue weighted by atomic mass is 9.84. The molecule has 0 aromatic rings. The molecule has 1 saturated carbocycles. The molecular formula is C13H26N2. The third-order valence-electron chi connectivity index (χ3n) is 4.44. The van der Waals surface area contributed by atoms with Crippen molar-refractivity contribution in [1.29, 1.82) is 0 Å². The quantitative estimate of drug-likeness (QED) is 0.758. The number of rotatable bonds is 2. The number of likely N-dealkylation sites (tertiary alicyclic amines) is 1. The lowest BCUT2D eigenvalue weighted by molar-refractivity contribution is 0.157. The second-order valence-corrected chi connectivity index (χ2v) is 5.84. The van der Waals surface area contributed by atoms with Crippen molar-refractivity contribution in [3.05, 3.63) is 0 Å². The highest BCUT2D eigenvalue weighted by Gasteiger charge is 2.37. The van der Waals surface area contributed by atoms with Gasteiger partial charge in [0.2, 0.25) is 0 Å². The van der Waals surface area contributed by atoms with E-state index in [1.165, 1.54) is 64.6 Å². The third-order valence-corrected chi connectivity index (χ3v) is 4.44. The standard InChI is InChI=1S/C13H26N2/c1-13(8-6-7-12(13)14)11-15-9-4-2-3-5-10-15/h12H,2-11,14H2,1H3. The molecule has 2 aliphatic rings. The van der Waals surface area contributed by atoms with Crippen LogP contribution in [0.2, 0.25) is 0 Å². The van der Waals surface area contributed by atoms with Crippen molar-refractivity contribution in [2.24, 2.45) is 11.1 Å². The van der Waals surface area contributed by atoms with Crippen LogP contribution in [-0.4, -0.2) is 30.6 Å². The summed E-state index contributed by atoms with van der Waals surface area (Å²) in [7, 11) is 0. The lowest BCUT2D eigenvalue weighted by Crippen LogP contribution is -2.44. The zero-order valence-electron chi connectivity index (χ0n) is 10.2. The summed E-state index contributed by atoms with van der Waals surface area (Å²) in [6, 6.07) is 0.445. The zero-order chi connectivity index (χ0) is 10.7. The molecular weight excluding hydrogens is 184 g/mol. The highest BCUT2D eigenvalue weighted by molar-refractivity contribution is 4.93. The molecule has 1 aliphatic heterocycles. The first kappa shape index (κ1) is 11.4. The van der Waals surface area contributed by atoms with Gasteiger partial charge in [0.15, 0.2) is 0 Å². The average Bonchev–Trinajstić information content (AvgIpc) is 2.44. The average molecular weight is 210 g/mol. The van der Waals surface area contributed by atoms with Gasteiger partial charge >= 0.3 is 0 Å². The first-order valence-electron chi connectivity index (χ1n) is 6.69. The Bertz CT molecular complexity index is 197. The van der Waals surface area contributed by atoms with E-state index in [9.17, 15) is 0 Å². The molecule has 0 aromatic heterocycles. The summed E-state index contributed by atoms with van der Waals surface area (Å²) in [6.07, 6.45) is 9.57. The molecule has 0 bridgehead atoms. The van der Waals surface area contributed by atoms with Crippen molar-refractivity contribution in [3.63, 3.8) is 0 Å². The molecule has 0 aromatic carbocycles. The van der Waals surface area contributed by atoms with Crippen LogP contribution in [0.5, 0.6) is 0 Å². The fourth-order valence-corrected chi connectivity index (χ4v) is 3.26. The smallest absolute Gasteiger partial charge is 0.0105 e. The SMILES string of the molecule is CC1(CN2CCCCCC2)CCCC1N. The maximum absolute atomic E-state index is 6.24.